The zero-order valence-electron chi connectivity index (χ0n) is 13.3. The van der Waals surface area contributed by atoms with Crippen LogP contribution in [0.5, 0.6) is 5.75 Å². The molecule has 0 heterocycles. The van der Waals surface area contributed by atoms with Crippen molar-refractivity contribution in [2.75, 3.05) is 0 Å². The summed E-state index contributed by atoms with van der Waals surface area (Å²) in [7, 11) is 0. The third-order valence-corrected chi connectivity index (χ3v) is 3.82. The summed E-state index contributed by atoms with van der Waals surface area (Å²) >= 11 is 12.0. The van der Waals surface area contributed by atoms with Crippen molar-refractivity contribution in [3.05, 3.63) is 63.6 Å². The number of hydrogen-bond donors (Lipinski definition) is 2. The van der Waals surface area contributed by atoms with Crippen LogP contribution in [-0.4, -0.2) is 17.0 Å². The van der Waals surface area contributed by atoms with Gasteiger partial charge in [-0.1, -0.05) is 35.3 Å². The fourth-order valence-corrected chi connectivity index (χ4v) is 2.53. The Balaban J connectivity index is 1.99. The summed E-state index contributed by atoms with van der Waals surface area (Å²) in [4.78, 5) is 22.2. The van der Waals surface area contributed by atoms with E-state index in [0.29, 0.717) is 28.0 Å². The van der Waals surface area contributed by atoms with Crippen LogP contribution in [0.15, 0.2) is 42.5 Å². The lowest BCUT2D eigenvalue weighted by Gasteiger charge is -2.13. The lowest BCUT2D eigenvalue weighted by atomic mass is 10.2. The van der Waals surface area contributed by atoms with E-state index in [4.69, 9.17) is 33.0 Å². The molecular weight excluding hydrogens is 365 g/mol. The van der Waals surface area contributed by atoms with Gasteiger partial charge < -0.3 is 15.2 Å². The maximum atomic E-state index is 11.7. The Labute approximate surface area is 155 Å². The van der Waals surface area contributed by atoms with Gasteiger partial charge in [0, 0.05) is 28.6 Å². The van der Waals surface area contributed by atoms with Crippen molar-refractivity contribution in [2.24, 2.45) is 0 Å². The van der Waals surface area contributed by atoms with Crippen LogP contribution in [0.4, 0.5) is 0 Å². The number of amides is 1. The molecule has 2 N–H and O–H groups in total. The Morgan fingerprint density at radius 1 is 1.04 bits per heavy atom. The van der Waals surface area contributed by atoms with E-state index in [1.165, 1.54) is 0 Å². The molecule has 0 saturated heterocycles. The Morgan fingerprint density at radius 2 is 1.80 bits per heavy atom. The van der Waals surface area contributed by atoms with Crippen molar-refractivity contribution in [3.8, 4) is 5.75 Å². The number of hydrogen-bond acceptors (Lipinski definition) is 3. The summed E-state index contributed by atoms with van der Waals surface area (Å²) in [5.74, 6) is -0.769. The van der Waals surface area contributed by atoms with E-state index in [2.05, 4.69) is 5.32 Å². The molecule has 2 aromatic rings. The van der Waals surface area contributed by atoms with Gasteiger partial charge in [-0.25, -0.2) is 0 Å². The average molecular weight is 382 g/mol. The first-order valence-corrected chi connectivity index (χ1v) is 8.34. The number of aliphatic carboxylic acids is 1. The van der Waals surface area contributed by atoms with Crippen molar-refractivity contribution in [1.29, 1.82) is 0 Å². The largest absolute Gasteiger partial charge is 0.489 e. The van der Waals surface area contributed by atoms with Gasteiger partial charge in [-0.15, -0.1) is 0 Å². The van der Waals surface area contributed by atoms with Crippen LogP contribution in [0.1, 0.15) is 24.0 Å². The average Bonchev–Trinajstić information content (AvgIpc) is 2.57. The number of halogens is 2. The molecule has 0 bridgehead atoms. The van der Waals surface area contributed by atoms with Crippen LogP contribution in [-0.2, 0) is 22.7 Å². The highest BCUT2D eigenvalue weighted by Gasteiger charge is 2.09. The second-order valence-electron chi connectivity index (χ2n) is 5.34. The molecule has 0 fully saturated rings. The van der Waals surface area contributed by atoms with Gasteiger partial charge in [0.25, 0.3) is 0 Å². The molecule has 0 atom stereocenters. The Hall–Kier alpha value is -2.24. The molecule has 132 valence electrons. The predicted molar refractivity (Wildman–Crippen MR) is 96.0 cm³/mol. The standard InChI is InChI=1S/C18H17Cl2NO4/c19-14-3-1-2-12(8-14)11-25-16-5-4-15(20)9-13(16)10-21-17(22)6-7-18(23)24/h1-5,8-9H,6-7,10-11H2,(H,21,22)(H,23,24). The number of carboxylic acid groups (broad SMARTS) is 1. The van der Waals surface area contributed by atoms with Crippen molar-refractivity contribution < 1.29 is 19.4 Å². The number of nitrogens with one attached hydrogen (secondary N) is 1. The second kappa shape index (κ2) is 9.30. The molecule has 25 heavy (non-hydrogen) atoms. The fourth-order valence-electron chi connectivity index (χ4n) is 2.12. The van der Waals surface area contributed by atoms with Crippen molar-refractivity contribution in [2.45, 2.75) is 26.0 Å². The number of benzene rings is 2. The molecule has 0 unspecified atom stereocenters. The minimum atomic E-state index is -1.01. The van der Waals surface area contributed by atoms with Gasteiger partial charge in [0.1, 0.15) is 12.4 Å². The van der Waals surface area contributed by atoms with E-state index in [0.717, 1.165) is 5.56 Å². The quantitative estimate of drug-likeness (QED) is 0.722. The van der Waals surface area contributed by atoms with Crippen molar-refractivity contribution >= 4 is 35.1 Å². The van der Waals surface area contributed by atoms with Gasteiger partial charge in [0.15, 0.2) is 0 Å². The molecular formula is C18H17Cl2NO4. The van der Waals surface area contributed by atoms with Gasteiger partial charge in [-0.2, -0.15) is 0 Å². The minimum Gasteiger partial charge on any atom is -0.489 e. The molecule has 7 heteroatoms. The number of carbonyl (C=O) groups is 2. The molecule has 0 spiro atoms. The first-order valence-electron chi connectivity index (χ1n) is 7.58. The van der Waals surface area contributed by atoms with E-state index >= 15 is 0 Å². The first-order chi connectivity index (χ1) is 11.9. The SMILES string of the molecule is O=C(O)CCC(=O)NCc1cc(Cl)ccc1OCc1cccc(Cl)c1. The number of carbonyl (C=O) groups excluding carboxylic acids is 1. The maximum absolute atomic E-state index is 11.7. The predicted octanol–water partition coefficient (Wildman–Crippen LogP) is 4.05. The lowest BCUT2D eigenvalue weighted by Crippen LogP contribution is -2.23. The maximum Gasteiger partial charge on any atom is 0.303 e. The zero-order valence-corrected chi connectivity index (χ0v) is 14.8. The number of carboxylic acids is 1. The highest BCUT2D eigenvalue weighted by Crippen LogP contribution is 2.24. The topological polar surface area (TPSA) is 75.6 Å². The summed E-state index contributed by atoms with van der Waals surface area (Å²) in [6.07, 6.45) is -0.284. The Bertz CT molecular complexity index is 764. The van der Waals surface area contributed by atoms with E-state index in [-0.39, 0.29) is 25.3 Å². The third-order valence-electron chi connectivity index (χ3n) is 3.35. The van der Waals surface area contributed by atoms with Crippen LogP contribution in [0.25, 0.3) is 0 Å². The van der Waals surface area contributed by atoms with E-state index < -0.39 is 5.97 Å². The van der Waals surface area contributed by atoms with Gasteiger partial charge in [-0.05, 0) is 35.9 Å². The normalized spacial score (nSPS) is 10.3. The van der Waals surface area contributed by atoms with Crippen LogP contribution in [0.2, 0.25) is 10.0 Å². The van der Waals surface area contributed by atoms with Gasteiger partial charge in [-0.3, -0.25) is 9.59 Å². The van der Waals surface area contributed by atoms with Crippen LogP contribution < -0.4 is 10.1 Å². The molecule has 1 amide bonds. The fraction of sp³-hybridized carbons (Fsp3) is 0.222. The molecule has 0 saturated carbocycles. The van der Waals surface area contributed by atoms with Crippen LogP contribution in [0, 0.1) is 0 Å². The van der Waals surface area contributed by atoms with Crippen molar-refractivity contribution in [1.82, 2.24) is 5.32 Å². The molecule has 0 aliphatic rings. The van der Waals surface area contributed by atoms with Gasteiger partial charge >= 0.3 is 5.97 Å². The molecule has 2 rings (SSSR count). The summed E-state index contributed by atoms with van der Waals surface area (Å²) < 4.78 is 5.80. The summed E-state index contributed by atoms with van der Waals surface area (Å²) in [6, 6.07) is 12.5. The molecule has 0 aromatic heterocycles. The second-order valence-corrected chi connectivity index (χ2v) is 6.21. The van der Waals surface area contributed by atoms with E-state index in [9.17, 15) is 9.59 Å². The molecule has 0 aliphatic heterocycles. The first kappa shape index (κ1) is 19.1. The highest BCUT2D eigenvalue weighted by molar-refractivity contribution is 6.30. The minimum absolute atomic E-state index is 0.0748. The summed E-state index contributed by atoms with van der Waals surface area (Å²) in [5, 5.41) is 12.4. The lowest BCUT2D eigenvalue weighted by molar-refractivity contribution is -0.138. The van der Waals surface area contributed by atoms with Crippen LogP contribution >= 0.6 is 23.2 Å². The number of rotatable bonds is 8. The van der Waals surface area contributed by atoms with E-state index in [1.807, 2.05) is 18.2 Å². The van der Waals surface area contributed by atoms with Crippen molar-refractivity contribution in [3.63, 3.8) is 0 Å². The molecule has 5 nitrogen and oxygen atoms in total. The van der Waals surface area contributed by atoms with Crippen LogP contribution in [0.3, 0.4) is 0 Å². The highest BCUT2D eigenvalue weighted by atomic mass is 35.5. The smallest absolute Gasteiger partial charge is 0.303 e. The number of ether oxygens (including phenoxy) is 1. The van der Waals surface area contributed by atoms with Gasteiger partial charge in [0.2, 0.25) is 5.91 Å². The van der Waals surface area contributed by atoms with E-state index in [1.54, 1.807) is 24.3 Å². The third kappa shape index (κ3) is 6.64. The Morgan fingerprint density at radius 3 is 2.52 bits per heavy atom. The molecule has 2 aromatic carbocycles. The monoisotopic (exact) mass is 381 g/mol. The Kier molecular flexibility index (Phi) is 7.10. The summed E-state index contributed by atoms with van der Waals surface area (Å²) in [5.41, 5.74) is 1.62. The molecule has 0 radical (unpaired) electrons. The summed E-state index contributed by atoms with van der Waals surface area (Å²) in [6.45, 7) is 0.520. The zero-order chi connectivity index (χ0) is 18.2. The molecule has 0 aliphatic carbocycles. The van der Waals surface area contributed by atoms with Gasteiger partial charge in [0.05, 0.1) is 6.42 Å².